The molecule has 0 atom stereocenters. The van der Waals surface area contributed by atoms with Gasteiger partial charge in [0.1, 0.15) is 22.4 Å². The van der Waals surface area contributed by atoms with E-state index in [1.807, 2.05) is 17.5 Å². The number of anilines is 2. The molecule has 0 fully saturated rings. The summed E-state index contributed by atoms with van der Waals surface area (Å²) in [5.74, 6) is 0.639. The summed E-state index contributed by atoms with van der Waals surface area (Å²) in [5, 5.41) is 22.4. The minimum absolute atomic E-state index is 0.00776. The van der Waals surface area contributed by atoms with Crippen molar-refractivity contribution >= 4 is 55.7 Å². The van der Waals surface area contributed by atoms with Gasteiger partial charge in [-0.2, -0.15) is 0 Å². The Morgan fingerprint density at radius 2 is 1.84 bits per heavy atom. The number of ether oxygens (including phenoxy) is 1. The molecule has 0 saturated carbocycles. The standard InChI is InChI=1S/C26H21ClN4O4S2/c1-35-20-11-9-18(10-12-20)30-37(33,34)21-4-2-3-19(13-21)31-14-23(32)24(25(31)28)26-29-22(15-36-26)16-5-7-17(27)8-6-16/h2-13,15,28,30,32H,14H2,1H3. The third-order valence-corrected chi connectivity index (χ3v) is 8.23. The van der Waals surface area contributed by atoms with Gasteiger partial charge in [-0.15, -0.1) is 11.3 Å². The maximum absolute atomic E-state index is 13.0. The Morgan fingerprint density at radius 1 is 1.11 bits per heavy atom. The number of methoxy groups -OCH3 is 1. The van der Waals surface area contributed by atoms with Crippen LogP contribution in [0.15, 0.2) is 88.8 Å². The number of thiazole rings is 1. The van der Waals surface area contributed by atoms with Gasteiger partial charge >= 0.3 is 0 Å². The zero-order valence-corrected chi connectivity index (χ0v) is 21.9. The minimum atomic E-state index is -3.90. The molecule has 0 unspecified atom stereocenters. The summed E-state index contributed by atoms with van der Waals surface area (Å²) in [6.45, 7) is 0.0272. The molecule has 0 bridgehead atoms. The fourth-order valence-corrected chi connectivity index (χ4v) is 5.98. The molecule has 1 aromatic heterocycles. The van der Waals surface area contributed by atoms with E-state index in [2.05, 4.69) is 9.71 Å². The van der Waals surface area contributed by atoms with Crippen LogP contribution in [0.4, 0.5) is 11.4 Å². The van der Waals surface area contributed by atoms with Crippen molar-refractivity contribution in [3.8, 4) is 17.0 Å². The number of nitrogens with one attached hydrogen (secondary N) is 2. The third-order valence-electron chi connectivity index (χ3n) is 5.74. The molecule has 0 saturated heterocycles. The van der Waals surface area contributed by atoms with Gasteiger partial charge in [-0.1, -0.05) is 29.8 Å². The van der Waals surface area contributed by atoms with Crippen molar-refractivity contribution < 1.29 is 18.3 Å². The number of aromatic nitrogens is 1. The Hall–Kier alpha value is -3.86. The number of rotatable bonds is 7. The molecule has 0 spiro atoms. The van der Waals surface area contributed by atoms with Gasteiger partial charge in [-0.05, 0) is 54.6 Å². The second-order valence-corrected chi connectivity index (χ2v) is 11.1. The lowest BCUT2D eigenvalue weighted by atomic mass is 10.2. The van der Waals surface area contributed by atoms with Crippen molar-refractivity contribution in [3.05, 3.63) is 94.0 Å². The van der Waals surface area contributed by atoms with Crippen molar-refractivity contribution in [1.29, 1.82) is 5.41 Å². The van der Waals surface area contributed by atoms with E-state index in [9.17, 15) is 13.5 Å². The molecule has 8 nitrogen and oxygen atoms in total. The molecular formula is C26H21ClN4O4S2. The topological polar surface area (TPSA) is 116 Å². The Labute approximate surface area is 223 Å². The highest BCUT2D eigenvalue weighted by atomic mass is 35.5. The van der Waals surface area contributed by atoms with E-state index in [0.29, 0.717) is 38.4 Å². The van der Waals surface area contributed by atoms with Crippen LogP contribution in [0.3, 0.4) is 0 Å². The van der Waals surface area contributed by atoms with Crippen LogP contribution in [0.25, 0.3) is 16.8 Å². The Bertz CT molecular complexity index is 1620. The van der Waals surface area contributed by atoms with Gasteiger partial charge in [0.25, 0.3) is 10.0 Å². The van der Waals surface area contributed by atoms with Gasteiger partial charge in [-0.25, -0.2) is 13.4 Å². The van der Waals surface area contributed by atoms with Crippen molar-refractivity contribution in [2.45, 2.75) is 4.90 Å². The summed E-state index contributed by atoms with van der Waals surface area (Å²) < 4.78 is 33.7. The number of hydrogen-bond donors (Lipinski definition) is 3. The van der Waals surface area contributed by atoms with Crippen molar-refractivity contribution in [3.63, 3.8) is 0 Å². The van der Waals surface area contributed by atoms with E-state index in [4.69, 9.17) is 21.7 Å². The van der Waals surface area contributed by atoms with Gasteiger partial charge in [0.2, 0.25) is 0 Å². The van der Waals surface area contributed by atoms with Gasteiger partial charge in [-0.3, -0.25) is 10.1 Å². The first-order valence-corrected chi connectivity index (χ1v) is 13.8. The molecule has 1 aliphatic rings. The quantitative estimate of drug-likeness (QED) is 0.257. The van der Waals surface area contributed by atoms with Crippen LogP contribution in [0, 0.1) is 5.41 Å². The molecule has 0 amide bonds. The molecule has 0 radical (unpaired) electrons. The lowest BCUT2D eigenvalue weighted by Gasteiger charge is -2.19. The SMILES string of the molecule is COc1ccc(NS(=O)(=O)c2cccc(N3CC(O)=C(c4nc(-c5ccc(Cl)cc5)cs4)C3=N)c2)cc1. The zero-order chi connectivity index (χ0) is 26.2. The van der Waals surface area contributed by atoms with E-state index < -0.39 is 10.0 Å². The molecular weight excluding hydrogens is 532 g/mol. The molecule has 1 aliphatic heterocycles. The van der Waals surface area contributed by atoms with Crippen LogP contribution < -0.4 is 14.4 Å². The molecule has 11 heteroatoms. The first kappa shape index (κ1) is 24.8. The first-order valence-electron chi connectivity index (χ1n) is 11.0. The van der Waals surface area contributed by atoms with Crippen LogP contribution in [-0.2, 0) is 10.0 Å². The first-order chi connectivity index (χ1) is 17.7. The molecule has 0 aliphatic carbocycles. The summed E-state index contributed by atoms with van der Waals surface area (Å²) in [5.41, 5.74) is 2.74. The van der Waals surface area contributed by atoms with Gasteiger partial charge in [0.05, 0.1) is 29.8 Å². The molecule has 2 heterocycles. The van der Waals surface area contributed by atoms with E-state index in [1.54, 1.807) is 53.4 Å². The number of hydrogen-bond acceptors (Lipinski definition) is 7. The minimum Gasteiger partial charge on any atom is -0.510 e. The zero-order valence-electron chi connectivity index (χ0n) is 19.5. The number of sulfonamides is 1. The highest BCUT2D eigenvalue weighted by molar-refractivity contribution is 7.92. The van der Waals surface area contributed by atoms with E-state index in [0.717, 1.165) is 5.56 Å². The van der Waals surface area contributed by atoms with Crippen LogP contribution in [-0.4, -0.2) is 38.0 Å². The Morgan fingerprint density at radius 3 is 2.54 bits per heavy atom. The van der Waals surface area contributed by atoms with Crippen molar-refractivity contribution in [2.24, 2.45) is 0 Å². The number of aliphatic hydroxyl groups is 1. The fraction of sp³-hybridized carbons (Fsp3) is 0.0769. The monoisotopic (exact) mass is 552 g/mol. The van der Waals surface area contributed by atoms with Gasteiger partial charge < -0.3 is 14.7 Å². The van der Waals surface area contributed by atoms with E-state index in [1.165, 1.54) is 30.6 Å². The number of aliphatic hydroxyl groups excluding tert-OH is 1. The second kappa shape index (κ2) is 9.89. The smallest absolute Gasteiger partial charge is 0.261 e. The summed E-state index contributed by atoms with van der Waals surface area (Å²) in [7, 11) is -2.36. The summed E-state index contributed by atoms with van der Waals surface area (Å²) in [4.78, 5) is 6.18. The predicted molar refractivity (Wildman–Crippen MR) is 147 cm³/mol. The summed E-state index contributed by atoms with van der Waals surface area (Å²) in [6, 6.07) is 20.0. The molecule has 4 aromatic rings. The Balaban J connectivity index is 1.37. The lowest BCUT2D eigenvalue weighted by molar-refractivity contribution is 0.411. The molecule has 3 N–H and O–H groups in total. The summed E-state index contributed by atoms with van der Waals surface area (Å²) in [6.07, 6.45) is 0. The molecule has 5 rings (SSSR count). The largest absolute Gasteiger partial charge is 0.510 e. The van der Waals surface area contributed by atoms with E-state index in [-0.39, 0.29) is 23.0 Å². The summed E-state index contributed by atoms with van der Waals surface area (Å²) >= 11 is 7.29. The maximum Gasteiger partial charge on any atom is 0.261 e. The van der Waals surface area contributed by atoms with Crippen LogP contribution in [0.1, 0.15) is 5.01 Å². The normalized spacial score (nSPS) is 13.8. The second-order valence-electron chi connectivity index (χ2n) is 8.13. The van der Waals surface area contributed by atoms with Crippen LogP contribution in [0.5, 0.6) is 5.75 Å². The number of halogens is 1. The van der Waals surface area contributed by atoms with Gasteiger partial charge in [0.15, 0.2) is 0 Å². The predicted octanol–water partition coefficient (Wildman–Crippen LogP) is 6.04. The van der Waals surface area contributed by atoms with Crippen LogP contribution in [0.2, 0.25) is 5.02 Å². The molecule has 37 heavy (non-hydrogen) atoms. The molecule has 3 aromatic carbocycles. The average molecular weight is 553 g/mol. The molecule has 188 valence electrons. The number of benzene rings is 3. The van der Waals surface area contributed by atoms with E-state index >= 15 is 0 Å². The lowest BCUT2D eigenvalue weighted by Crippen LogP contribution is -2.26. The van der Waals surface area contributed by atoms with Gasteiger partial charge in [0, 0.05) is 27.3 Å². The van der Waals surface area contributed by atoms with Crippen molar-refractivity contribution in [2.75, 3.05) is 23.3 Å². The Kier molecular flexibility index (Phi) is 6.63. The maximum atomic E-state index is 13.0. The number of amidine groups is 1. The fourth-order valence-electron chi connectivity index (χ4n) is 3.86. The van der Waals surface area contributed by atoms with Crippen molar-refractivity contribution in [1.82, 2.24) is 4.98 Å². The number of nitrogens with zero attached hydrogens (tertiary/aromatic N) is 2. The van der Waals surface area contributed by atoms with Crippen LogP contribution >= 0.6 is 22.9 Å². The average Bonchev–Trinajstić information content (AvgIpc) is 3.48. The highest BCUT2D eigenvalue weighted by Gasteiger charge is 2.32. The third kappa shape index (κ3) is 5.04. The highest BCUT2D eigenvalue weighted by Crippen LogP contribution is 2.35.